The first-order valence-electron chi connectivity index (χ1n) is 4.81. The Morgan fingerprint density at radius 1 is 1.31 bits per heavy atom. The molecule has 1 aromatic carbocycles. The molecule has 0 fully saturated rings. The molecule has 6 heteroatoms. The summed E-state index contributed by atoms with van der Waals surface area (Å²) >= 11 is 0. The van der Waals surface area contributed by atoms with Crippen molar-refractivity contribution in [3.05, 3.63) is 30.3 Å². The van der Waals surface area contributed by atoms with Crippen molar-refractivity contribution in [3.8, 4) is 0 Å². The van der Waals surface area contributed by atoms with Gasteiger partial charge < -0.3 is 5.73 Å². The molecule has 92 valence electrons. The van der Waals surface area contributed by atoms with Gasteiger partial charge in [0, 0.05) is 6.54 Å². The first-order chi connectivity index (χ1) is 7.06. The summed E-state index contributed by atoms with van der Waals surface area (Å²) in [5.74, 6) is 0.142. The van der Waals surface area contributed by atoms with Gasteiger partial charge in [-0.25, -0.2) is 13.1 Å². The molecule has 0 aliphatic carbocycles. The average molecular weight is 265 g/mol. The minimum absolute atomic E-state index is 0. The maximum absolute atomic E-state index is 11.7. The highest BCUT2D eigenvalue weighted by Gasteiger charge is 2.13. The average Bonchev–Trinajstić information content (AvgIpc) is 2.27. The number of rotatable bonds is 5. The van der Waals surface area contributed by atoms with Crippen LogP contribution in [-0.4, -0.2) is 21.5 Å². The van der Waals surface area contributed by atoms with Crippen molar-refractivity contribution >= 4 is 22.4 Å². The number of nitrogens with one attached hydrogen (secondary N) is 1. The second kappa shape index (κ2) is 6.85. The van der Waals surface area contributed by atoms with Crippen molar-refractivity contribution in [1.29, 1.82) is 0 Å². The maximum Gasteiger partial charge on any atom is 0.240 e. The molecule has 0 heterocycles. The molecule has 1 unspecified atom stereocenters. The first kappa shape index (κ1) is 15.4. The Kier molecular flexibility index (Phi) is 6.59. The summed E-state index contributed by atoms with van der Waals surface area (Å²) in [6.07, 6.45) is 0. The van der Waals surface area contributed by atoms with E-state index in [-0.39, 0.29) is 23.2 Å². The molecule has 0 saturated carbocycles. The number of halogens is 1. The van der Waals surface area contributed by atoms with Crippen LogP contribution in [0.2, 0.25) is 0 Å². The lowest BCUT2D eigenvalue weighted by Gasteiger charge is -2.10. The molecule has 0 amide bonds. The lowest BCUT2D eigenvalue weighted by atomic mass is 10.2. The summed E-state index contributed by atoms with van der Waals surface area (Å²) in [6.45, 7) is 2.73. The minimum Gasteiger partial charge on any atom is -0.330 e. The van der Waals surface area contributed by atoms with Gasteiger partial charge in [0.05, 0.1) is 4.90 Å². The van der Waals surface area contributed by atoms with E-state index in [0.717, 1.165) is 0 Å². The normalized spacial score (nSPS) is 12.9. The molecule has 3 N–H and O–H groups in total. The second-order valence-electron chi connectivity index (χ2n) is 3.51. The van der Waals surface area contributed by atoms with Gasteiger partial charge in [-0.15, -0.1) is 12.4 Å². The fraction of sp³-hybridized carbons (Fsp3) is 0.400. The molecule has 0 radical (unpaired) electrons. The van der Waals surface area contributed by atoms with Crippen molar-refractivity contribution in [2.45, 2.75) is 11.8 Å². The zero-order valence-electron chi connectivity index (χ0n) is 9.09. The Hall–Kier alpha value is -0.620. The van der Waals surface area contributed by atoms with Crippen LogP contribution < -0.4 is 10.5 Å². The summed E-state index contributed by atoms with van der Waals surface area (Å²) < 4.78 is 25.9. The molecule has 0 aliphatic heterocycles. The van der Waals surface area contributed by atoms with Crippen LogP contribution in [0, 0.1) is 5.92 Å². The third-order valence-electron chi connectivity index (χ3n) is 2.08. The summed E-state index contributed by atoms with van der Waals surface area (Å²) in [5, 5.41) is 0. The molecule has 16 heavy (non-hydrogen) atoms. The van der Waals surface area contributed by atoms with E-state index in [1.165, 1.54) is 0 Å². The number of hydrogen-bond donors (Lipinski definition) is 2. The highest BCUT2D eigenvalue weighted by Crippen LogP contribution is 2.07. The van der Waals surface area contributed by atoms with E-state index < -0.39 is 10.0 Å². The molecule has 0 aromatic heterocycles. The molecule has 1 aromatic rings. The summed E-state index contributed by atoms with van der Waals surface area (Å²) in [4.78, 5) is 0.286. The largest absolute Gasteiger partial charge is 0.330 e. The Balaban J connectivity index is 0.00000225. The van der Waals surface area contributed by atoms with E-state index >= 15 is 0 Å². The van der Waals surface area contributed by atoms with E-state index in [9.17, 15) is 8.42 Å². The third kappa shape index (κ3) is 4.49. The minimum atomic E-state index is -3.37. The molecular formula is C10H17ClN2O2S. The Morgan fingerprint density at radius 2 is 1.88 bits per heavy atom. The van der Waals surface area contributed by atoms with Gasteiger partial charge in [0.2, 0.25) is 10.0 Å². The van der Waals surface area contributed by atoms with Crippen molar-refractivity contribution in [2.24, 2.45) is 11.7 Å². The van der Waals surface area contributed by atoms with Crippen molar-refractivity contribution in [3.63, 3.8) is 0 Å². The standard InChI is InChI=1S/C10H16N2O2S.ClH/c1-9(7-11)8-12-15(13,14)10-5-3-2-4-6-10;/h2-6,9,12H,7-8,11H2,1H3;1H. The predicted octanol–water partition coefficient (Wildman–Crippen LogP) is 0.982. The lowest BCUT2D eigenvalue weighted by molar-refractivity contribution is 0.545. The third-order valence-corrected chi connectivity index (χ3v) is 3.52. The topological polar surface area (TPSA) is 72.2 Å². The Labute approximate surface area is 103 Å². The highest BCUT2D eigenvalue weighted by molar-refractivity contribution is 7.89. The van der Waals surface area contributed by atoms with Gasteiger partial charge in [-0.05, 0) is 24.6 Å². The maximum atomic E-state index is 11.7. The molecule has 0 spiro atoms. The zero-order valence-corrected chi connectivity index (χ0v) is 10.7. The van der Waals surface area contributed by atoms with Crippen molar-refractivity contribution in [1.82, 2.24) is 4.72 Å². The molecule has 0 aliphatic rings. The van der Waals surface area contributed by atoms with Gasteiger partial charge in [0.15, 0.2) is 0 Å². The fourth-order valence-corrected chi connectivity index (χ4v) is 2.20. The van der Waals surface area contributed by atoms with Gasteiger partial charge in [0.25, 0.3) is 0 Å². The lowest BCUT2D eigenvalue weighted by Crippen LogP contribution is -2.31. The molecule has 0 bridgehead atoms. The molecule has 0 saturated heterocycles. The van der Waals surface area contributed by atoms with Gasteiger partial charge in [0.1, 0.15) is 0 Å². The predicted molar refractivity (Wildman–Crippen MR) is 67.1 cm³/mol. The van der Waals surface area contributed by atoms with E-state index in [0.29, 0.717) is 13.1 Å². The van der Waals surface area contributed by atoms with Crippen LogP contribution in [0.5, 0.6) is 0 Å². The smallest absolute Gasteiger partial charge is 0.240 e. The van der Waals surface area contributed by atoms with E-state index in [1.54, 1.807) is 30.3 Å². The van der Waals surface area contributed by atoms with Crippen molar-refractivity contribution in [2.75, 3.05) is 13.1 Å². The number of sulfonamides is 1. The number of hydrogen-bond acceptors (Lipinski definition) is 3. The van der Waals surface area contributed by atoms with E-state index in [2.05, 4.69) is 4.72 Å². The van der Waals surface area contributed by atoms with Crippen LogP contribution >= 0.6 is 12.4 Å². The molecule has 4 nitrogen and oxygen atoms in total. The van der Waals surface area contributed by atoms with Gasteiger partial charge in [-0.2, -0.15) is 0 Å². The molecule has 1 atom stereocenters. The number of benzene rings is 1. The Bertz CT molecular complexity index is 395. The SMILES string of the molecule is CC(CN)CNS(=O)(=O)c1ccccc1.Cl. The van der Waals surface area contributed by atoms with Gasteiger partial charge in [-0.1, -0.05) is 25.1 Å². The Morgan fingerprint density at radius 3 is 2.38 bits per heavy atom. The summed E-state index contributed by atoms with van der Waals surface area (Å²) in [6, 6.07) is 8.30. The van der Waals surface area contributed by atoms with Crippen LogP contribution in [0.4, 0.5) is 0 Å². The van der Waals surface area contributed by atoms with Crippen LogP contribution in [0.1, 0.15) is 6.92 Å². The summed E-state index contributed by atoms with van der Waals surface area (Å²) in [5.41, 5.74) is 5.41. The monoisotopic (exact) mass is 264 g/mol. The van der Waals surface area contributed by atoms with Crippen LogP contribution in [0.25, 0.3) is 0 Å². The number of nitrogens with two attached hydrogens (primary N) is 1. The first-order valence-corrected chi connectivity index (χ1v) is 6.29. The van der Waals surface area contributed by atoms with Gasteiger partial charge >= 0.3 is 0 Å². The van der Waals surface area contributed by atoms with E-state index in [1.807, 2.05) is 6.92 Å². The van der Waals surface area contributed by atoms with Crippen LogP contribution in [0.3, 0.4) is 0 Å². The summed E-state index contributed by atoms with van der Waals surface area (Å²) in [7, 11) is -3.37. The molecule has 1 rings (SSSR count). The zero-order chi connectivity index (χ0) is 11.3. The quantitative estimate of drug-likeness (QED) is 0.833. The van der Waals surface area contributed by atoms with Gasteiger partial charge in [-0.3, -0.25) is 0 Å². The van der Waals surface area contributed by atoms with Crippen LogP contribution in [0.15, 0.2) is 35.2 Å². The van der Waals surface area contributed by atoms with Crippen LogP contribution in [-0.2, 0) is 10.0 Å². The molecular weight excluding hydrogens is 248 g/mol. The highest BCUT2D eigenvalue weighted by atomic mass is 35.5. The fourth-order valence-electron chi connectivity index (χ4n) is 1.02. The second-order valence-corrected chi connectivity index (χ2v) is 5.27. The van der Waals surface area contributed by atoms with E-state index in [4.69, 9.17) is 5.73 Å². The van der Waals surface area contributed by atoms with Crippen molar-refractivity contribution < 1.29 is 8.42 Å².